The second kappa shape index (κ2) is 7.81. The van der Waals surface area contributed by atoms with E-state index in [1.165, 1.54) is 16.7 Å². The Morgan fingerprint density at radius 3 is 2.47 bits per heavy atom. The van der Waals surface area contributed by atoms with Crippen molar-refractivity contribution in [3.05, 3.63) is 34.9 Å². The Morgan fingerprint density at radius 2 is 1.95 bits per heavy atom. The summed E-state index contributed by atoms with van der Waals surface area (Å²) >= 11 is 0. The predicted molar refractivity (Wildman–Crippen MR) is 85.1 cm³/mol. The topological polar surface area (TPSA) is 29.1 Å². The van der Waals surface area contributed by atoms with Crippen LogP contribution in [0, 0.1) is 13.8 Å². The maximum absolute atomic E-state index is 12.3. The molecule has 0 aliphatic carbocycles. The lowest BCUT2D eigenvalue weighted by Gasteiger charge is -2.22. The number of hydrogen-bond acceptors (Lipinski definition) is 2. The SMILES string of the molecule is CCNC(CS(=O)C(C)CC)c1ccc(C)cc1C. The van der Waals surface area contributed by atoms with E-state index < -0.39 is 10.8 Å². The summed E-state index contributed by atoms with van der Waals surface area (Å²) in [6, 6.07) is 6.71. The molecule has 3 atom stereocenters. The van der Waals surface area contributed by atoms with Gasteiger partial charge in [0.25, 0.3) is 0 Å². The first-order chi connectivity index (χ1) is 8.99. The van der Waals surface area contributed by atoms with Crippen molar-refractivity contribution < 1.29 is 4.21 Å². The first-order valence-electron chi connectivity index (χ1n) is 7.17. The summed E-state index contributed by atoms with van der Waals surface area (Å²) in [5.41, 5.74) is 3.84. The van der Waals surface area contributed by atoms with Gasteiger partial charge in [-0.05, 0) is 37.9 Å². The summed E-state index contributed by atoms with van der Waals surface area (Å²) in [6.07, 6.45) is 0.971. The Bertz CT molecular complexity index is 431. The zero-order valence-corrected chi connectivity index (χ0v) is 13.6. The van der Waals surface area contributed by atoms with Crippen molar-refractivity contribution in [2.45, 2.75) is 52.3 Å². The molecule has 1 N–H and O–H groups in total. The summed E-state index contributed by atoms with van der Waals surface area (Å²) in [7, 11) is -0.773. The van der Waals surface area contributed by atoms with Crippen LogP contribution >= 0.6 is 0 Å². The average molecular weight is 281 g/mol. The van der Waals surface area contributed by atoms with Crippen LogP contribution in [0.25, 0.3) is 0 Å². The highest BCUT2D eigenvalue weighted by atomic mass is 32.2. The van der Waals surface area contributed by atoms with Crippen molar-refractivity contribution in [2.75, 3.05) is 12.3 Å². The second-order valence-corrected chi connectivity index (χ2v) is 7.14. The van der Waals surface area contributed by atoms with E-state index in [9.17, 15) is 4.21 Å². The number of hydrogen-bond donors (Lipinski definition) is 1. The molecule has 1 aromatic rings. The van der Waals surface area contributed by atoms with Crippen molar-refractivity contribution in [1.29, 1.82) is 0 Å². The molecule has 0 saturated heterocycles. The molecule has 0 spiro atoms. The van der Waals surface area contributed by atoms with Gasteiger partial charge in [-0.15, -0.1) is 0 Å². The highest BCUT2D eigenvalue weighted by molar-refractivity contribution is 7.85. The van der Waals surface area contributed by atoms with E-state index in [1.807, 2.05) is 0 Å². The molecular weight excluding hydrogens is 254 g/mol. The largest absolute Gasteiger partial charge is 0.309 e. The highest BCUT2D eigenvalue weighted by Crippen LogP contribution is 2.21. The molecule has 19 heavy (non-hydrogen) atoms. The third kappa shape index (κ3) is 4.73. The van der Waals surface area contributed by atoms with Crippen LogP contribution in [0.15, 0.2) is 18.2 Å². The lowest BCUT2D eigenvalue weighted by atomic mass is 10.0. The second-order valence-electron chi connectivity index (χ2n) is 5.24. The first kappa shape index (κ1) is 16.4. The fourth-order valence-electron chi connectivity index (χ4n) is 2.24. The maximum atomic E-state index is 12.3. The van der Waals surface area contributed by atoms with Gasteiger partial charge < -0.3 is 5.32 Å². The maximum Gasteiger partial charge on any atom is 0.0439 e. The monoisotopic (exact) mass is 281 g/mol. The Balaban J connectivity index is 2.90. The molecule has 108 valence electrons. The Kier molecular flexibility index (Phi) is 6.73. The average Bonchev–Trinajstić information content (AvgIpc) is 2.37. The molecule has 2 nitrogen and oxygen atoms in total. The third-order valence-corrected chi connectivity index (χ3v) is 5.50. The van der Waals surface area contributed by atoms with Crippen LogP contribution in [-0.4, -0.2) is 21.8 Å². The van der Waals surface area contributed by atoms with Gasteiger partial charge in [0.15, 0.2) is 0 Å². The molecule has 3 unspecified atom stereocenters. The summed E-state index contributed by atoms with van der Waals surface area (Å²) in [5.74, 6) is 0.701. The van der Waals surface area contributed by atoms with Crippen LogP contribution in [0.1, 0.15) is 49.9 Å². The van der Waals surface area contributed by atoms with Crippen molar-refractivity contribution >= 4 is 10.8 Å². The van der Waals surface area contributed by atoms with Crippen LogP contribution in [0.4, 0.5) is 0 Å². The predicted octanol–water partition coefficient (Wildman–Crippen LogP) is 3.50. The summed E-state index contributed by atoms with van der Waals surface area (Å²) in [4.78, 5) is 0. The minimum atomic E-state index is -0.773. The molecule has 0 bridgehead atoms. The quantitative estimate of drug-likeness (QED) is 0.829. The lowest BCUT2D eigenvalue weighted by Crippen LogP contribution is -2.29. The van der Waals surface area contributed by atoms with Gasteiger partial charge in [-0.3, -0.25) is 4.21 Å². The zero-order valence-electron chi connectivity index (χ0n) is 12.8. The molecule has 0 amide bonds. The molecule has 0 saturated carbocycles. The highest BCUT2D eigenvalue weighted by Gasteiger charge is 2.18. The Labute approximate surface area is 120 Å². The third-order valence-electron chi connectivity index (χ3n) is 3.61. The number of nitrogens with one attached hydrogen (secondary N) is 1. The number of benzene rings is 1. The minimum Gasteiger partial charge on any atom is -0.309 e. The molecular formula is C16H27NOS. The van der Waals surface area contributed by atoms with E-state index in [0.29, 0.717) is 5.75 Å². The Morgan fingerprint density at radius 1 is 1.26 bits per heavy atom. The normalized spacial score (nSPS) is 16.1. The van der Waals surface area contributed by atoms with E-state index >= 15 is 0 Å². The van der Waals surface area contributed by atoms with Crippen molar-refractivity contribution in [1.82, 2.24) is 5.32 Å². The van der Waals surface area contributed by atoms with Crippen LogP contribution in [0.3, 0.4) is 0 Å². The van der Waals surface area contributed by atoms with Crippen molar-refractivity contribution in [3.63, 3.8) is 0 Å². The number of rotatable bonds is 7. The standard InChI is InChI=1S/C16H27NOS/c1-6-14(5)19(18)11-16(17-7-2)15-9-8-12(3)10-13(15)4/h8-10,14,16-17H,6-7,11H2,1-5H3. The van der Waals surface area contributed by atoms with Gasteiger partial charge in [0.1, 0.15) is 0 Å². The number of aryl methyl sites for hydroxylation is 2. The van der Waals surface area contributed by atoms with Gasteiger partial charge in [-0.25, -0.2) is 0 Å². The van der Waals surface area contributed by atoms with Gasteiger partial charge in [-0.1, -0.05) is 44.5 Å². The zero-order chi connectivity index (χ0) is 14.4. The van der Waals surface area contributed by atoms with Crippen molar-refractivity contribution in [2.24, 2.45) is 0 Å². The van der Waals surface area contributed by atoms with E-state index in [0.717, 1.165) is 13.0 Å². The fraction of sp³-hybridized carbons (Fsp3) is 0.625. The molecule has 0 heterocycles. The molecule has 0 radical (unpaired) electrons. The molecule has 1 rings (SSSR count). The van der Waals surface area contributed by atoms with Crippen LogP contribution in [-0.2, 0) is 10.8 Å². The Hall–Kier alpha value is -0.670. The van der Waals surface area contributed by atoms with E-state index in [-0.39, 0.29) is 11.3 Å². The summed E-state index contributed by atoms with van der Waals surface area (Å²) < 4.78 is 12.3. The summed E-state index contributed by atoms with van der Waals surface area (Å²) in [5, 5.41) is 3.75. The molecule has 3 heteroatoms. The molecule has 0 fully saturated rings. The molecule has 0 aromatic heterocycles. The van der Waals surface area contributed by atoms with Crippen LogP contribution in [0.5, 0.6) is 0 Å². The smallest absolute Gasteiger partial charge is 0.0439 e. The van der Waals surface area contributed by atoms with Gasteiger partial charge in [0.2, 0.25) is 0 Å². The lowest BCUT2D eigenvalue weighted by molar-refractivity contribution is 0.588. The summed E-state index contributed by atoms with van der Waals surface area (Å²) in [6.45, 7) is 11.4. The first-order valence-corrected chi connectivity index (χ1v) is 8.55. The van der Waals surface area contributed by atoms with Gasteiger partial charge in [0, 0.05) is 27.8 Å². The van der Waals surface area contributed by atoms with E-state index in [1.54, 1.807) is 0 Å². The van der Waals surface area contributed by atoms with Crippen LogP contribution < -0.4 is 5.32 Å². The van der Waals surface area contributed by atoms with Crippen molar-refractivity contribution in [3.8, 4) is 0 Å². The molecule has 0 aliphatic heterocycles. The van der Waals surface area contributed by atoms with E-state index in [4.69, 9.17) is 0 Å². The van der Waals surface area contributed by atoms with Gasteiger partial charge >= 0.3 is 0 Å². The molecule has 0 aliphatic rings. The van der Waals surface area contributed by atoms with Gasteiger partial charge in [0.05, 0.1) is 0 Å². The fourth-order valence-corrected chi connectivity index (χ4v) is 3.56. The van der Waals surface area contributed by atoms with Crippen LogP contribution in [0.2, 0.25) is 0 Å². The van der Waals surface area contributed by atoms with Gasteiger partial charge in [-0.2, -0.15) is 0 Å². The minimum absolute atomic E-state index is 0.195. The molecule has 1 aromatic carbocycles. The van der Waals surface area contributed by atoms with E-state index in [2.05, 4.69) is 58.1 Å².